The van der Waals surface area contributed by atoms with Crippen molar-refractivity contribution in [2.75, 3.05) is 26.7 Å². The van der Waals surface area contributed by atoms with Gasteiger partial charge in [-0.15, -0.1) is 0 Å². The maximum absolute atomic E-state index is 11.8. The van der Waals surface area contributed by atoms with Crippen molar-refractivity contribution in [2.45, 2.75) is 46.2 Å². The van der Waals surface area contributed by atoms with Gasteiger partial charge in [0.15, 0.2) is 11.8 Å². The van der Waals surface area contributed by atoms with Crippen LogP contribution in [0, 0.1) is 13.8 Å². The summed E-state index contributed by atoms with van der Waals surface area (Å²) in [6.07, 6.45) is 3.34. The number of aliphatic imine (C=N–C) groups is 1. The van der Waals surface area contributed by atoms with Crippen molar-refractivity contribution in [3.05, 3.63) is 41.3 Å². The average molecular weight is 414 g/mol. The first-order valence-electron chi connectivity index (χ1n) is 10.4. The van der Waals surface area contributed by atoms with E-state index in [0.29, 0.717) is 26.2 Å². The third kappa shape index (κ3) is 5.49. The predicted octanol–water partition coefficient (Wildman–Crippen LogP) is 2.17. The molecule has 0 atom stereocenters. The van der Waals surface area contributed by atoms with Gasteiger partial charge in [-0.2, -0.15) is 5.10 Å². The van der Waals surface area contributed by atoms with E-state index in [-0.39, 0.29) is 12.1 Å². The van der Waals surface area contributed by atoms with E-state index < -0.39 is 0 Å². The Kier molecular flexibility index (Phi) is 7.26. The standard InChI is InChI=1S/C21H31N7O2/c1-5-30-21(29)27-10-8-18(9-11-27)25-20(22-4)24-14-17-6-7-19(23-13-17)28-16(3)12-15(2)26-28/h6-7,12-13,18H,5,8-11,14H2,1-4H3,(H2,22,24,25). The van der Waals surface area contributed by atoms with Crippen molar-refractivity contribution in [3.8, 4) is 5.82 Å². The Balaban J connectivity index is 1.48. The maximum atomic E-state index is 11.8. The van der Waals surface area contributed by atoms with Crippen LogP contribution in [-0.2, 0) is 11.3 Å². The molecule has 0 radical (unpaired) electrons. The second kappa shape index (κ2) is 10.1. The van der Waals surface area contributed by atoms with Gasteiger partial charge in [0.2, 0.25) is 0 Å². The molecule has 1 saturated heterocycles. The molecule has 0 bridgehead atoms. The smallest absolute Gasteiger partial charge is 0.409 e. The lowest BCUT2D eigenvalue weighted by atomic mass is 10.1. The zero-order valence-corrected chi connectivity index (χ0v) is 18.2. The zero-order chi connectivity index (χ0) is 21.5. The van der Waals surface area contributed by atoms with Crippen LogP contribution in [0.25, 0.3) is 5.82 Å². The molecule has 3 heterocycles. The number of aryl methyl sites for hydroxylation is 2. The minimum absolute atomic E-state index is 0.227. The van der Waals surface area contributed by atoms with Gasteiger partial charge in [0.05, 0.1) is 12.3 Å². The molecule has 0 aliphatic carbocycles. The normalized spacial score (nSPS) is 15.2. The molecule has 0 spiro atoms. The Bertz CT molecular complexity index is 868. The van der Waals surface area contributed by atoms with Crippen molar-refractivity contribution in [1.82, 2.24) is 30.3 Å². The van der Waals surface area contributed by atoms with Gasteiger partial charge < -0.3 is 20.3 Å². The number of likely N-dealkylation sites (tertiary alicyclic amines) is 1. The molecular formula is C21H31N7O2. The molecule has 162 valence electrons. The summed E-state index contributed by atoms with van der Waals surface area (Å²) in [4.78, 5) is 22.4. The summed E-state index contributed by atoms with van der Waals surface area (Å²) in [5.74, 6) is 1.55. The summed E-state index contributed by atoms with van der Waals surface area (Å²) in [7, 11) is 1.76. The van der Waals surface area contributed by atoms with Crippen LogP contribution in [0.1, 0.15) is 36.7 Å². The molecule has 1 fully saturated rings. The highest BCUT2D eigenvalue weighted by Crippen LogP contribution is 2.12. The number of carbonyl (C=O) groups is 1. The van der Waals surface area contributed by atoms with E-state index in [2.05, 4.69) is 25.7 Å². The number of guanidine groups is 1. The van der Waals surface area contributed by atoms with E-state index in [0.717, 1.165) is 41.6 Å². The molecular weight excluding hydrogens is 382 g/mol. The van der Waals surface area contributed by atoms with Gasteiger partial charge >= 0.3 is 6.09 Å². The van der Waals surface area contributed by atoms with Crippen molar-refractivity contribution < 1.29 is 9.53 Å². The first kappa shape index (κ1) is 21.6. The lowest BCUT2D eigenvalue weighted by molar-refractivity contribution is 0.0963. The van der Waals surface area contributed by atoms with Gasteiger partial charge in [-0.25, -0.2) is 14.5 Å². The number of carbonyl (C=O) groups excluding carboxylic acids is 1. The number of nitrogens with one attached hydrogen (secondary N) is 2. The Morgan fingerprint density at radius 1 is 1.30 bits per heavy atom. The molecule has 0 unspecified atom stereocenters. The van der Waals surface area contributed by atoms with E-state index in [4.69, 9.17) is 4.74 Å². The molecule has 0 aromatic carbocycles. The van der Waals surface area contributed by atoms with E-state index in [9.17, 15) is 4.79 Å². The Morgan fingerprint density at radius 3 is 2.63 bits per heavy atom. The van der Waals surface area contributed by atoms with Crippen molar-refractivity contribution in [1.29, 1.82) is 0 Å². The quantitative estimate of drug-likeness (QED) is 0.576. The Labute approximate surface area is 177 Å². The summed E-state index contributed by atoms with van der Waals surface area (Å²) in [6, 6.07) is 6.31. The van der Waals surface area contributed by atoms with Crippen LogP contribution in [0.5, 0.6) is 0 Å². The fourth-order valence-corrected chi connectivity index (χ4v) is 3.50. The number of aromatic nitrogens is 3. The number of hydrogen-bond acceptors (Lipinski definition) is 5. The van der Waals surface area contributed by atoms with E-state index in [1.54, 1.807) is 11.9 Å². The summed E-state index contributed by atoms with van der Waals surface area (Å²) >= 11 is 0. The highest BCUT2D eigenvalue weighted by Gasteiger charge is 2.24. The number of amides is 1. The van der Waals surface area contributed by atoms with Crippen LogP contribution in [0.3, 0.4) is 0 Å². The van der Waals surface area contributed by atoms with Crippen LogP contribution in [0.4, 0.5) is 4.79 Å². The van der Waals surface area contributed by atoms with E-state index in [1.807, 2.05) is 49.8 Å². The number of hydrogen-bond donors (Lipinski definition) is 2. The van der Waals surface area contributed by atoms with Crippen LogP contribution >= 0.6 is 0 Å². The molecule has 30 heavy (non-hydrogen) atoms. The fraction of sp³-hybridized carbons (Fsp3) is 0.524. The number of piperidine rings is 1. The molecule has 9 heteroatoms. The lowest BCUT2D eigenvalue weighted by Crippen LogP contribution is -2.49. The van der Waals surface area contributed by atoms with Crippen molar-refractivity contribution >= 4 is 12.1 Å². The lowest BCUT2D eigenvalue weighted by Gasteiger charge is -2.32. The minimum Gasteiger partial charge on any atom is -0.450 e. The monoisotopic (exact) mass is 413 g/mol. The van der Waals surface area contributed by atoms with E-state index >= 15 is 0 Å². The highest BCUT2D eigenvalue weighted by atomic mass is 16.6. The van der Waals surface area contributed by atoms with Gasteiger partial charge in [-0.3, -0.25) is 4.99 Å². The van der Waals surface area contributed by atoms with Gasteiger partial charge in [0.1, 0.15) is 0 Å². The van der Waals surface area contributed by atoms with Crippen LogP contribution < -0.4 is 10.6 Å². The number of pyridine rings is 1. The average Bonchev–Trinajstić information content (AvgIpc) is 3.10. The van der Waals surface area contributed by atoms with Gasteiger partial charge in [-0.05, 0) is 51.3 Å². The van der Waals surface area contributed by atoms with E-state index in [1.165, 1.54) is 0 Å². The summed E-state index contributed by atoms with van der Waals surface area (Å²) < 4.78 is 6.91. The van der Waals surface area contributed by atoms with Gasteiger partial charge in [-0.1, -0.05) is 6.07 Å². The zero-order valence-electron chi connectivity index (χ0n) is 18.2. The van der Waals surface area contributed by atoms with Gasteiger partial charge in [0.25, 0.3) is 0 Å². The maximum Gasteiger partial charge on any atom is 0.409 e. The third-order valence-corrected chi connectivity index (χ3v) is 5.08. The highest BCUT2D eigenvalue weighted by molar-refractivity contribution is 5.80. The molecule has 1 aliphatic rings. The molecule has 0 saturated carbocycles. The second-order valence-electron chi connectivity index (χ2n) is 7.39. The number of rotatable bonds is 5. The van der Waals surface area contributed by atoms with Crippen molar-refractivity contribution in [2.24, 2.45) is 4.99 Å². The first-order valence-corrected chi connectivity index (χ1v) is 10.4. The number of ether oxygens (including phenoxy) is 1. The van der Waals surface area contributed by atoms with Crippen LogP contribution in [0.2, 0.25) is 0 Å². The second-order valence-corrected chi connectivity index (χ2v) is 7.39. The molecule has 1 aliphatic heterocycles. The summed E-state index contributed by atoms with van der Waals surface area (Å²) in [5.41, 5.74) is 3.09. The Morgan fingerprint density at radius 2 is 2.07 bits per heavy atom. The number of nitrogens with zero attached hydrogens (tertiary/aromatic N) is 5. The van der Waals surface area contributed by atoms with Gasteiger partial charge in [0, 0.05) is 44.6 Å². The first-order chi connectivity index (χ1) is 14.5. The minimum atomic E-state index is -0.227. The van der Waals surface area contributed by atoms with Crippen LogP contribution in [-0.4, -0.2) is 64.5 Å². The summed E-state index contributed by atoms with van der Waals surface area (Å²) in [6.45, 7) is 8.21. The summed E-state index contributed by atoms with van der Waals surface area (Å²) in [5, 5.41) is 11.2. The molecule has 1 amide bonds. The topological polar surface area (TPSA) is 96.7 Å². The largest absolute Gasteiger partial charge is 0.450 e. The molecule has 2 aromatic heterocycles. The molecule has 9 nitrogen and oxygen atoms in total. The third-order valence-electron chi connectivity index (χ3n) is 5.08. The molecule has 3 rings (SSSR count). The molecule has 2 N–H and O–H groups in total. The van der Waals surface area contributed by atoms with Crippen molar-refractivity contribution in [3.63, 3.8) is 0 Å². The Hall–Kier alpha value is -3.10. The van der Waals surface area contributed by atoms with Crippen LogP contribution in [0.15, 0.2) is 29.4 Å². The SMILES string of the molecule is CCOC(=O)N1CCC(NC(=NC)NCc2ccc(-n3nc(C)cc3C)nc2)CC1. The predicted molar refractivity (Wildman–Crippen MR) is 116 cm³/mol. The fourth-order valence-electron chi connectivity index (χ4n) is 3.50. The molecule has 2 aromatic rings.